The molecule has 142 valence electrons. The largest absolute Gasteiger partial charge is 0.469 e. The van der Waals surface area contributed by atoms with Gasteiger partial charge in [0.15, 0.2) is 0 Å². The lowest BCUT2D eigenvalue weighted by atomic mass is 10.1. The Kier molecular flexibility index (Phi) is 8.03. The molecule has 1 aliphatic heterocycles. The molecule has 6 heteroatoms. The number of nitrogens with zero attached hydrogens (tertiary/aromatic N) is 1. The first-order chi connectivity index (χ1) is 13.1. The molecular formula is C21H24N2O4. The molecular weight excluding hydrogens is 344 g/mol. The molecule has 3 rings (SSSR count). The quantitative estimate of drug-likeness (QED) is 0.649. The van der Waals surface area contributed by atoms with Crippen LogP contribution < -0.4 is 5.32 Å². The Bertz CT molecular complexity index is 710. The van der Waals surface area contributed by atoms with Crippen LogP contribution in [0, 0.1) is 0 Å². The van der Waals surface area contributed by atoms with Gasteiger partial charge < -0.3 is 15.0 Å². The van der Waals surface area contributed by atoms with Crippen molar-refractivity contribution in [3.05, 3.63) is 60.7 Å². The van der Waals surface area contributed by atoms with Gasteiger partial charge in [-0.25, -0.2) is 0 Å². The van der Waals surface area contributed by atoms with E-state index >= 15 is 0 Å². The van der Waals surface area contributed by atoms with Gasteiger partial charge in [0.1, 0.15) is 0 Å². The topological polar surface area (TPSA) is 75.7 Å². The van der Waals surface area contributed by atoms with Crippen molar-refractivity contribution in [1.82, 2.24) is 10.2 Å². The van der Waals surface area contributed by atoms with Gasteiger partial charge in [0.05, 0.1) is 7.11 Å². The molecule has 0 spiro atoms. The average molecular weight is 368 g/mol. The van der Waals surface area contributed by atoms with Crippen LogP contribution in [0.2, 0.25) is 0 Å². The van der Waals surface area contributed by atoms with E-state index in [4.69, 9.17) is 0 Å². The van der Waals surface area contributed by atoms with Crippen LogP contribution in [0.1, 0.15) is 12.8 Å². The maximum absolute atomic E-state index is 11.3. The second-order valence-corrected chi connectivity index (χ2v) is 5.96. The molecule has 1 fully saturated rings. The molecule has 0 atom stereocenters. The smallest absolute Gasteiger partial charge is 0.311 e. The third-order valence-corrected chi connectivity index (χ3v) is 4.07. The van der Waals surface area contributed by atoms with E-state index in [0.717, 1.165) is 0 Å². The minimum Gasteiger partial charge on any atom is -0.469 e. The van der Waals surface area contributed by atoms with Gasteiger partial charge in [-0.1, -0.05) is 60.7 Å². The molecule has 2 aromatic rings. The number of hydrogen-bond donors (Lipinski definition) is 1. The van der Waals surface area contributed by atoms with E-state index in [2.05, 4.69) is 58.6 Å². The van der Waals surface area contributed by atoms with E-state index in [0.29, 0.717) is 26.1 Å². The summed E-state index contributed by atoms with van der Waals surface area (Å²) in [5, 5.41) is 2.45. The molecule has 6 nitrogen and oxygen atoms in total. The van der Waals surface area contributed by atoms with E-state index in [1.54, 1.807) is 0 Å². The molecule has 0 bridgehead atoms. The van der Waals surface area contributed by atoms with Crippen LogP contribution in [0.5, 0.6) is 0 Å². The molecule has 0 aromatic heterocycles. The van der Waals surface area contributed by atoms with Crippen molar-refractivity contribution in [2.45, 2.75) is 12.8 Å². The standard InChI is InChI=1S/C12H10.C9H14N2O4/c1-3-7-11(8-4-1)12-9-5-2-6-10-12;1-15-7(12)3-2-5-11-6-4-10-8(13)9(11)14/h1-10H;2-6H2,1H3,(H,10,13). The van der Waals surface area contributed by atoms with Gasteiger partial charge in [0.25, 0.3) is 0 Å². The number of carbonyl (C=O) groups excluding carboxylic acids is 3. The van der Waals surface area contributed by atoms with E-state index < -0.39 is 11.8 Å². The van der Waals surface area contributed by atoms with Crippen molar-refractivity contribution in [3.63, 3.8) is 0 Å². The number of ether oxygens (including phenoxy) is 1. The maximum Gasteiger partial charge on any atom is 0.311 e. The molecule has 0 saturated carbocycles. The van der Waals surface area contributed by atoms with Crippen molar-refractivity contribution in [2.75, 3.05) is 26.7 Å². The summed E-state index contributed by atoms with van der Waals surface area (Å²) in [6.45, 7) is 1.40. The summed E-state index contributed by atoms with van der Waals surface area (Å²) in [5.41, 5.74) is 2.55. The third-order valence-electron chi connectivity index (χ3n) is 4.07. The number of hydrogen-bond acceptors (Lipinski definition) is 4. The SMILES string of the molecule is COC(=O)CCCN1CCNC(=O)C1=O.c1ccc(-c2ccccc2)cc1. The average Bonchev–Trinajstić information content (AvgIpc) is 2.73. The normalized spacial score (nSPS) is 13.3. The predicted octanol–water partition coefficient (Wildman–Crippen LogP) is 2.25. The minimum absolute atomic E-state index is 0.266. The van der Waals surface area contributed by atoms with E-state index in [-0.39, 0.29) is 12.4 Å². The highest BCUT2D eigenvalue weighted by atomic mass is 16.5. The molecule has 1 heterocycles. The van der Waals surface area contributed by atoms with Gasteiger partial charge in [-0.15, -0.1) is 0 Å². The number of amides is 2. The first-order valence-electron chi connectivity index (χ1n) is 8.86. The summed E-state index contributed by atoms with van der Waals surface area (Å²) in [6.07, 6.45) is 0.785. The molecule has 1 saturated heterocycles. The Morgan fingerprint density at radius 2 is 1.56 bits per heavy atom. The monoisotopic (exact) mass is 368 g/mol. The van der Waals surface area contributed by atoms with Gasteiger partial charge in [-0.05, 0) is 17.5 Å². The highest BCUT2D eigenvalue weighted by Crippen LogP contribution is 2.17. The molecule has 1 aliphatic rings. The number of carbonyl (C=O) groups is 3. The Morgan fingerprint density at radius 1 is 1.00 bits per heavy atom. The molecule has 0 aliphatic carbocycles. The predicted molar refractivity (Wildman–Crippen MR) is 103 cm³/mol. The zero-order chi connectivity index (χ0) is 19.5. The van der Waals surface area contributed by atoms with Crippen molar-refractivity contribution in [3.8, 4) is 11.1 Å². The third kappa shape index (κ3) is 6.58. The van der Waals surface area contributed by atoms with E-state index in [1.165, 1.54) is 23.1 Å². The number of piperazine rings is 1. The molecule has 2 aromatic carbocycles. The summed E-state index contributed by atoms with van der Waals surface area (Å²) in [7, 11) is 1.32. The van der Waals surface area contributed by atoms with Crippen LogP contribution in [0.3, 0.4) is 0 Å². The minimum atomic E-state index is -0.570. The number of benzene rings is 2. The van der Waals surface area contributed by atoms with Gasteiger partial charge in [0.2, 0.25) is 0 Å². The second-order valence-electron chi connectivity index (χ2n) is 5.96. The highest BCUT2D eigenvalue weighted by molar-refractivity contribution is 6.35. The Hall–Kier alpha value is -3.15. The summed E-state index contributed by atoms with van der Waals surface area (Å²) >= 11 is 0. The first-order valence-corrected chi connectivity index (χ1v) is 8.86. The van der Waals surface area contributed by atoms with Gasteiger partial charge in [-0.2, -0.15) is 0 Å². The number of esters is 1. The molecule has 0 radical (unpaired) electrons. The molecule has 1 N–H and O–H groups in total. The summed E-state index contributed by atoms with van der Waals surface area (Å²) in [4.78, 5) is 34.5. The Morgan fingerprint density at radius 3 is 2.07 bits per heavy atom. The van der Waals surface area contributed by atoms with Gasteiger partial charge in [0, 0.05) is 26.1 Å². The van der Waals surface area contributed by atoms with E-state index in [1.807, 2.05) is 12.1 Å². The number of nitrogens with one attached hydrogen (secondary N) is 1. The van der Waals surface area contributed by atoms with Crippen molar-refractivity contribution < 1.29 is 19.1 Å². The molecule has 27 heavy (non-hydrogen) atoms. The van der Waals surface area contributed by atoms with Gasteiger partial charge >= 0.3 is 17.8 Å². The van der Waals surface area contributed by atoms with Crippen LogP contribution in [0.15, 0.2) is 60.7 Å². The first kappa shape index (κ1) is 20.2. The molecule has 2 amide bonds. The number of rotatable bonds is 5. The fourth-order valence-electron chi connectivity index (χ4n) is 2.62. The van der Waals surface area contributed by atoms with Crippen LogP contribution in [-0.4, -0.2) is 49.4 Å². The van der Waals surface area contributed by atoms with Crippen molar-refractivity contribution >= 4 is 17.8 Å². The summed E-state index contributed by atoms with van der Waals surface area (Å²) in [6, 6.07) is 20.8. The molecule has 0 unspecified atom stereocenters. The van der Waals surface area contributed by atoms with Crippen molar-refractivity contribution in [1.29, 1.82) is 0 Å². The fraction of sp³-hybridized carbons (Fsp3) is 0.286. The van der Waals surface area contributed by atoms with Crippen LogP contribution in [0.4, 0.5) is 0 Å². The Balaban J connectivity index is 0.000000198. The van der Waals surface area contributed by atoms with Crippen LogP contribution >= 0.6 is 0 Å². The Labute approximate surface area is 159 Å². The zero-order valence-corrected chi connectivity index (χ0v) is 15.4. The van der Waals surface area contributed by atoms with Crippen LogP contribution in [-0.2, 0) is 19.1 Å². The maximum atomic E-state index is 11.3. The highest BCUT2D eigenvalue weighted by Gasteiger charge is 2.25. The lowest BCUT2D eigenvalue weighted by molar-refractivity contribution is -0.148. The lowest BCUT2D eigenvalue weighted by Crippen LogP contribution is -2.52. The zero-order valence-electron chi connectivity index (χ0n) is 15.4. The van der Waals surface area contributed by atoms with Gasteiger partial charge in [-0.3, -0.25) is 14.4 Å². The van der Waals surface area contributed by atoms with E-state index in [9.17, 15) is 14.4 Å². The lowest BCUT2D eigenvalue weighted by Gasteiger charge is -2.26. The number of methoxy groups -OCH3 is 1. The summed E-state index contributed by atoms with van der Waals surface area (Å²) in [5.74, 6) is -1.39. The fourth-order valence-corrected chi connectivity index (χ4v) is 2.62. The van der Waals surface area contributed by atoms with Crippen LogP contribution in [0.25, 0.3) is 11.1 Å². The second kappa shape index (κ2) is 10.8. The summed E-state index contributed by atoms with van der Waals surface area (Å²) < 4.78 is 4.47. The van der Waals surface area contributed by atoms with Crippen molar-refractivity contribution in [2.24, 2.45) is 0 Å².